The van der Waals surface area contributed by atoms with E-state index < -0.39 is 6.08 Å². The van der Waals surface area contributed by atoms with Crippen molar-refractivity contribution in [2.75, 3.05) is 5.75 Å². The summed E-state index contributed by atoms with van der Waals surface area (Å²) >= 11 is 1.32. The van der Waals surface area contributed by atoms with E-state index in [1.54, 1.807) is 0 Å². The topological polar surface area (TPSA) is 0 Å². The molecule has 0 saturated carbocycles. The molecule has 0 aromatic rings. The van der Waals surface area contributed by atoms with Crippen LogP contribution in [0.1, 0.15) is 6.42 Å². The summed E-state index contributed by atoms with van der Waals surface area (Å²) in [6.07, 6.45) is 3.14. The van der Waals surface area contributed by atoms with Crippen molar-refractivity contribution in [3.63, 3.8) is 0 Å². The van der Waals surface area contributed by atoms with Gasteiger partial charge < -0.3 is 0 Å². The second kappa shape index (κ2) is 5.09. The maximum atomic E-state index is 11.2. The Kier molecular flexibility index (Phi) is 5.06. The summed E-state index contributed by atoms with van der Waals surface area (Å²) in [6.45, 7) is 0. The van der Waals surface area contributed by atoms with Crippen LogP contribution in [0.25, 0.3) is 0 Å². The third-order valence-corrected chi connectivity index (χ3v) is 1.09. The Labute approximate surface area is 52.0 Å². The van der Waals surface area contributed by atoms with Crippen molar-refractivity contribution in [1.29, 1.82) is 0 Å². The molecule has 0 amide bonds. The maximum absolute atomic E-state index is 11.2. The van der Waals surface area contributed by atoms with Crippen LogP contribution in [-0.2, 0) is 0 Å². The Morgan fingerprint density at radius 1 is 1.62 bits per heavy atom. The molecule has 3 heteroatoms. The number of rotatable bonds is 3. The number of halogens is 2. The van der Waals surface area contributed by atoms with Crippen molar-refractivity contribution in [3.8, 4) is 0 Å². The van der Waals surface area contributed by atoms with Gasteiger partial charge >= 0.3 is 0 Å². The Hall–Kier alpha value is -0.0500. The Morgan fingerprint density at radius 2 is 2.25 bits per heavy atom. The molecule has 0 saturated heterocycles. The molecule has 1 radical (unpaired) electrons. The van der Waals surface area contributed by atoms with Crippen molar-refractivity contribution in [1.82, 2.24) is 0 Å². The maximum Gasteiger partial charge on any atom is 0.266 e. The van der Waals surface area contributed by atoms with E-state index in [0.29, 0.717) is 12.2 Å². The fourth-order valence-electron chi connectivity index (χ4n) is 0.251. The van der Waals surface area contributed by atoms with Gasteiger partial charge in [0, 0.05) is 6.26 Å². The molecule has 0 aromatic carbocycles. The molecule has 0 aliphatic carbocycles. The van der Waals surface area contributed by atoms with E-state index in [-0.39, 0.29) is 0 Å². The van der Waals surface area contributed by atoms with Gasteiger partial charge in [-0.3, -0.25) is 0 Å². The predicted octanol–water partition coefficient (Wildman–Crippen LogP) is 2.68. The van der Waals surface area contributed by atoms with Gasteiger partial charge in [0.05, 0.1) is 0 Å². The standard InChI is InChI=1S/C5H7F2S/c1-8-4-2-3-5(6)7/h3H,1-2,4H2. The van der Waals surface area contributed by atoms with Gasteiger partial charge in [0.15, 0.2) is 0 Å². The largest absolute Gasteiger partial charge is 0.266 e. The number of hydrogen-bond donors (Lipinski definition) is 0. The first-order valence-electron chi connectivity index (χ1n) is 2.15. The average molecular weight is 137 g/mol. The average Bonchev–Trinajstić information content (AvgIpc) is 1.66. The molecule has 8 heavy (non-hydrogen) atoms. The second-order valence-corrected chi connectivity index (χ2v) is 2.01. The van der Waals surface area contributed by atoms with Crippen LogP contribution in [-0.4, -0.2) is 5.75 Å². The first-order valence-corrected chi connectivity index (χ1v) is 3.31. The Balaban J connectivity index is 3.03. The van der Waals surface area contributed by atoms with Crippen molar-refractivity contribution in [2.24, 2.45) is 0 Å². The lowest BCUT2D eigenvalue weighted by Gasteiger charge is -1.84. The normalized spacial score (nSPS) is 8.88. The summed E-state index contributed by atoms with van der Waals surface area (Å²) in [4.78, 5) is 0. The molecule has 0 aromatic heterocycles. The molecule has 0 fully saturated rings. The lowest BCUT2D eigenvalue weighted by Crippen LogP contribution is -1.70. The van der Waals surface area contributed by atoms with Crippen LogP contribution >= 0.6 is 11.8 Å². The SMILES string of the molecule is [CH2]SCCC=C(F)F. The van der Waals surface area contributed by atoms with Crippen LogP contribution in [0, 0.1) is 6.26 Å². The summed E-state index contributed by atoms with van der Waals surface area (Å²) in [7, 11) is 0. The van der Waals surface area contributed by atoms with Gasteiger partial charge in [0.2, 0.25) is 0 Å². The highest BCUT2D eigenvalue weighted by atomic mass is 32.2. The highest BCUT2D eigenvalue weighted by Crippen LogP contribution is 2.03. The molecule has 0 bridgehead atoms. The highest BCUT2D eigenvalue weighted by molar-refractivity contribution is 8.00. The molecule has 0 nitrogen and oxygen atoms in total. The van der Waals surface area contributed by atoms with E-state index in [4.69, 9.17) is 0 Å². The smallest absolute Gasteiger partial charge is 0.174 e. The molecule has 0 rings (SSSR count). The van der Waals surface area contributed by atoms with Crippen molar-refractivity contribution < 1.29 is 8.78 Å². The van der Waals surface area contributed by atoms with Crippen LogP contribution < -0.4 is 0 Å². The lowest BCUT2D eigenvalue weighted by atomic mass is 10.5. The molecule has 0 spiro atoms. The Bertz CT molecular complexity index is 76.5. The Morgan fingerprint density at radius 3 is 2.62 bits per heavy atom. The lowest BCUT2D eigenvalue weighted by molar-refractivity contribution is 0.418. The van der Waals surface area contributed by atoms with Gasteiger partial charge in [-0.1, -0.05) is 0 Å². The van der Waals surface area contributed by atoms with E-state index in [2.05, 4.69) is 6.26 Å². The first-order chi connectivity index (χ1) is 3.77. The van der Waals surface area contributed by atoms with Crippen LogP contribution in [0.3, 0.4) is 0 Å². The van der Waals surface area contributed by atoms with Gasteiger partial charge in [-0.2, -0.15) is 20.5 Å². The minimum atomic E-state index is -1.60. The van der Waals surface area contributed by atoms with Crippen LogP contribution in [0.4, 0.5) is 8.78 Å². The zero-order chi connectivity index (χ0) is 6.41. The molecule has 0 N–H and O–H groups in total. The summed E-state index contributed by atoms with van der Waals surface area (Å²) in [5.74, 6) is 0.664. The van der Waals surface area contributed by atoms with Gasteiger partial charge in [0.1, 0.15) is 0 Å². The van der Waals surface area contributed by atoms with E-state index in [0.717, 1.165) is 6.08 Å². The van der Waals surface area contributed by atoms with E-state index >= 15 is 0 Å². The van der Waals surface area contributed by atoms with Gasteiger partial charge in [-0.15, -0.1) is 0 Å². The van der Waals surface area contributed by atoms with Crippen LogP contribution in [0.5, 0.6) is 0 Å². The first kappa shape index (κ1) is 7.95. The highest BCUT2D eigenvalue weighted by Gasteiger charge is 1.85. The molecular weight excluding hydrogens is 130 g/mol. The molecule has 0 unspecified atom stereocenters. The molecule has 0 heterocycles. The van der Waals surface area contributed by atoms with Gasteiger partial charge in [-0.05, 0) is 18.2 Å². The molecule has 0 atom stereocenters. The second-order valence-electron chi connectivity index (χ2n) is 1.19. The van der Waals surface area contributed by atoms with Crippen molar-refractivity contribution >= 4 is 11.8 Å². The van der Waals surface area contributed by atoms with Crippen LogP contribution in [0.15, 0.2) is 12.2 Å². The third kappa shape index (κ3) is 5.95. The summed E-state index contributed by atoms with van der Waals surface area (Å²) < 4.78 is 22.4. The number of thioether (sulfide) groups is 1. The zero-order valence-corrected chi connectivity index (χ0v) is 5.18. The quantitative estimate of drug-likeness (QED) is 0.539. The van der Waals surface area contributed by atoms with Crippen LogP contribution in [0.2, 0.25) is 0 Å². The predicted molar refractivity (Wildman–Crippen MR) is 32.7 cm³/mol. The van der Waals surface area contributed by atoms with E-state index in [1.807, 2.05) is 0 Å². The third-order valence-electron chi connectivity index (χ3n) is 0.561. The fraction of sp³-hybridized carbons (Fsp3) is 0.400. The minimum absolute atomic E-state index is 0.413. The number of hydrogen-bond acceptors (Lipinski definition) is 1. The molecule has 0 aliphatic rings. The van der Waals surface area contributed by atoms with E-state index in [9.17, 15) is 8.78 Å². The molecule has 47 valence electrons. The van der Waals surface area contributed by atoms with E-state index in [1.165, 1.54) is 11.8 Å². The van der Waals surface area contributed by atoms with Gasteiger partial charge in [-0.25, -0.2) is 0 Å². The number of allylic oxidation sites excluding steroid dienone is 1. The van der Waals surface area contributed by atoms with Crippen molar-refractivity contribution in [3.05, 3.63) is 18.4 Å². The van der Waals surface area contributed by atoms with Gasteiger partial charge in [0.25, 0.3) is 6.08 Å². The fourth-order valence-corrected chi connectivity index (χ4v) is 0.536. The molecule has 0 aliphatic heterocycles. The summed E-state index contributed by atoms with van der Waals surface area (Å²) in [6, 6.07) is 0. The summed E-state index contributed by atoms with van der Waals surface area (Å²) in [5, 5.41) is 0. The molecular formula is C5H7F2S. The minimum Gasteiger partial charge on any atom is -0.174 e. The zero-order valence-electron chi connectivity index (χ0n) is 4.36. The monoisotopic (exact) mass is 137 g/mol. The summed E-state index contributed by atoms with van der Waals surface area (Å²) in [5.41, 5.74) is 0. The van der Waals surface area contributed by atoms with Crippen molar-refractivity contribution in [2.45, 2.75) is 6.42 Å².